The van der Waals surface area contributed by atoms with Gasteiger partial charge in [-0.05, 0) is 88.2 Å². The van der Waals surface area contributed by atoms with Crippen LogP contribution in [0.15, 0.2) is 54.7 Å². The minimum atomic E-state index is -0.377. The van der Waals surface area contributed by atoms with E-state index in [1.807, 2.05) is 44.2 Å². The fourth-order valence-electron chi connectivity index (χ4n) is 4.60. The number of hydrogen-bond donors (Lipinski definition) is 2. The van der Waals surface area contributed by atoms with Crippen molar-refractivity contribution < 1.29 is 9.53 Å². The fourth-order valence-corrected chi connectivity index (χ4v) is 4.72. The van der Waals surface area contributed by atoms with E-state index in [0.717, 1.165) is 79.5 Å². The van der Waals surface area contributed by atoms with Gasteiger partial charge < -0.3 is 25.3 Å². The normalized spacial score (nSPS) is 15.2. The number of fused-ring (bicyclic) bond motifs is 1. The Morgan fingerprint density at radius 1 is 1.00 bits per heavy atom. The molecule has 2 aromatic carbocycles. The molecule has 1 aliphatic heterocycles. The zero-order chi connectivity index (χ0) is 26.3. The van der Waals surface area contributed by atoms with Crippen LogP contribution < -0.4 is 15.8 Å². The van der Waals surface area contributed by atoms with Gasteiger partial charge >= 0.3 is 0 Å². The molecule has 3 aromatic rings. The molecule has 3 N–H and O–H groups in total. The Bertz CT molecular complexity index is 1150. The average Bonchev–Trinajstić information content (AvgIpc) is 3.29. The number of unbranched alkanes of at least 4 members (excludes halogenated alkanes) is 2. The van der Waals surface area contributed by atoms with E-state index < -0.39 is 0 Å². The van der Waals surface area contributed by atoms with E-state index in [4.69, 9.17) is 22.1 Å². The summed E-state index contributed by atoms with van der Waals surface area (Å²) in [6.07, 6.45) is 5.43. The Labute approximate surface area is 225 Å². The Balaban J connectivity index is 1.10. The third-order valence-electron chi connectivity index (χ3n) is 6.73. The summed E-state index contributed by atoms with van der Waals surface area (Å²) in [5.74, 6) is 0.974. The average molecular weight is 526 g/mol. The number of hydrogen-bond acceptors (Lipinski definition) is 5. The Hall–Kier alpha value is -2.58. The third kappa shape index (κ3) is 8.47. The van der Waals surface area contributed by atoms with Gasteiger partial charge in [0.15, 0.2) is 0 Å². The molecule has 37 heavy (non-hydrogen) atoms. The first-order valence-corrected chi connectivity index (χ1v) is 13.6. The van der Waals surface area contributed by atoms with Crippen molar-refractivity contribution in [1.29, 1.82) is 0 Å². The second-order valence-electron chi connectivity index (χ2n) is 10.7. The van der Waals surface area contributed by atoms with E-state index in [1.165, 1.54) is 6.42 Å². The van der Waals surface area contributed by atoms with Gasteiger partial charge in [-0.2, -0.15) is 0 Å². The number of nitrogens with two attached hydrogens (primary N) is 1. The van der Waals surface area contributed by atoms with Crippen LogP contribution in [0, 0.1) is 0 Å². The quantitative estimate of drug-likeness (QED) is 0.345. The molecule has 2 heterocycles. The van der Waals surface area contributed by atoms with Crippen molar-refractivity contribution in [3.8, 4) is 11.4 Å². The molecular weight excluding hydrogens is 486 g/mol. The lowest BCUT2D eigenvalue weighted by molar-refractivity contribution is -0.122. The first kappa shape index (κ1) is 27.5. The topological polar surface area (TPSA) is 75.8 Å². The third-order valence-corrected chi connectivity index (χ3v) is 6.98. The van der Waals surface area contributed by atoms with Crippen LogP contribution in [0.4, 0.5) is 0 Å². The number of aromatic nitrogens is 1. The SMILES string of the molecule is CC(C)(N)CNC(=O)CN1CCN(CCCCCOc2ccc3c(ccn3-c3ccc(Cl)cc3)c2)CC1. The van der Waals surface area contributed by atoms with Crippen LogP contribution >= 0.6 is 11.6 Å². The molecule has 200 valence electrons. The number of ether oxygens (including phenoxy) is 1. The van der Waals surface area contributed by atoms with Gasteiger partial charge in [0, 0.05) is 60.6 Å². The summed E-state index contributed by atoms with van der Waals surface area (Å²) in [5, 5.41) is 4.83. The molecule has 0 spiro atoms. The molecule has 7 nitrogen and oxygen atoms in total. The van der Waals surface area contributed by atoms with E-state index in [1.54, 1.807) is 0 Å². The smallest absolute Gasteiger partial charge is 0.234 e. The standard InChI is InChI=1S/C29H40ClN5O2/c1-29(2,31)22-32-28(36)21-34-17-15-33(16-18-34)13-4-3-5-19-37-26-10-11-27-23(20-26)12-14-35(27)25-8-6-24(30)7-9-25/h6-12,14,20H,3-5,13,15-19,21-22,31H2,1-2H3,(H,32,36). The molecule has 0 atom stereocenters. The van der Waals surface area contributed by atoms with E-state index >= 15 is 0 Å². The molecule has 1 amide bonds. The first-order valence-electron chi connectivity index (χ1n) is 13.3. The summed E-state index contributed by atoms with van der Waals surface area (Å²) in [6, 6.07) is 16.3. The van der Waals surface area contributed by atoms with E-state index in [9.17, 15) is 4.79 Å². The van der Waals surface area contributed by atoms with E-state index in [0.29, 0.717) is 13.1 Å². The van der Waals surface area contributed by atoms with Crippen molar-refractivity contribution in [2.75, 3.05) is 52.4 Å². The van der Waals surface area contributed by atoms with Gasteiger partial charge in [-0.15, -0.1) is 0 Å². The molecule has 0 bridgehead atoms. The second-order valence-corrected chi connectivity index (χ2v) is 11.1. The fraction of sp³-hybridized carbons (Fsp3) is 0.483. The van der Waals surface area contributed by atoms with Crippen LogP contribution in [0.5, 0.6) is 5.75 Å². The van der Waals surface area contributed by atoms with Crippen molar-refractivity contribution in [1.82, 2.24) is 19.7 Å². The maximum absolute atomic E-state index is 12.1. The van der Waals surface area contributed by atoms with Gasteiger partial charge in [0.1, 0.15) is 5.75 Å². The largest absolute Gasteiger partial charge is 0.494 e. The highest BCUT2D eigenvalue weighted by Crippen LogP contribution is 2.25. The maximum atomic E-state index is 12.1. The highest BCUT2D eigenvalue weighted by atomic mass is 35.5. The van der Waals surface area contributed by atoms with E-state index in [2.05, 4.69) is 44.1 Å². The van der Waals surface area contributed by atoms with Crippen molar-refractivity contribution in [3.05, 3.63) is 59.8 Å². The number of amides is 1. The number of rotatable bonds is 12. The monoisotopic (exact) mass is 525 g/mol. The molecule has 1 aromatic heterocycles. The van der Waals surface area contributed by atoms with Crippen LogP contribution in [-0.2, 0) is 4.79 Å². The highest BCUT2D eigenvalue weighted by molar-refractivity contribution is 6.30. The summed E-state index contributed by atoms with van der Waals surface area (Å²) >= 11 is 6.03. The lowest BCUT2D eigenvalue weighted by atomic mass is 10.1. The minimum Gasteiger partial charge on any atom is -0.494 e. The summed E-state index contributed by atoms with van der Waals surface area (Å²) < 4.78 is 8.20. The van der Waals surface area contributed by atoms with Crippen LogP contribution in [0.3, 0.4) is 0 Å². The molecule has 1 fully saturated rings. The predicted octanol–water partition coefficient (Wildman–Crippen LogP) is 4.30. The number of carbonyl (C=O) groups excluding carboxylic acids is 1. The number of nitrogens with zero attached hydrogens (tertiary/aromatic N) is 3. The summed E-state index contributed by atoms with van der Waals surface area (Å²) in [6.45, 7) is 10.5. The van der Waals surface area contributed by atoms with Crippen LogP contribution in [0.25, 0.3) is 16.6 Å². The Morgan fingerprint density at radius 2 is 1.73 bits per heavy atom. The molecule has 8 heteroatoms. The summed E-state index contributed by atoms with van der Waals surface area (Å²) in [4.78, 5) is 16.8. The lowest BCUT2D eigenvalue weighted by Gasteiger charge is -2.34. The van der Waals surface area contributed by atoms with Crippen LogP contribution in [0.2, 0.25) is 5.02 Å². The van der Waals surface area contributed by atoms with Gasteiger partial charge in [-0.1, -0.05) is 11.6 Å². The Kier molecular flexibility index (Phi) is 9.49. The van der Waals surface area contributed by atoms with Crippen molar-refractivity contribution >= 4 is 28.4 Å². The summed E-state index contributed by atoms with van der Waals surface area (Å²) in [7, 11) is 0. The molecule has 0 aliphatic carbocycles. The maximum Gasteiger partial charge on any atom is 0.234 e. The number of benzene rings is 2. The number of halogens is 1. The van der Waals surface area contributed by atoms with Gasteiger partial charge in [-0.25, -0.2) is 0 Å². The zero-order valence-electron chi connectivity index (χ0n) is 22.1. The van der Waals surface area contributed by atoms with Crippen molar-refractivity contribution in [2.24, 2.45) is 5.73 Å². The van der Waals surface area contributed by atoms with Gasteiger partial charge in [0.25, 0.3) is 0 Å². The summed E-state index contributed by atoms with van der Waals surface area (Å²) in [5.41, 5.74) is 7.80. The molecule has 0 radical (unpaired) electrons. The molecule has 0 saturated carbocycles. The number of carbonyl (C=O) groups is 1. The lowest BCUT2D eigenvalue weighted by Crippen LogP contribution is -2.51. The highest BCUT2D eigenvalue weighted by Gasteiger charge is 2.19. The van der Waals surface area contributed by atoms with Crippen molar-refractivity contribution in [3.63, 3.8) is 0 Å². The second kappa shape index (κ2) is 12.8. The predicted molar refractivity (Wildman–Crippen MR) is 152 cm³/mol. The van der Waals surface area contributed by atoms with Crippen molar-refractivity contribution in [2.45, 2.75) is 38.6 Å². The van der Waals surface area contributed by atoms with Crippen LogP contribution in [0.1, 0.15) is 33.1 Å². The van der Waals surface area contributed by atoms with Gasteiger partial charge in [0.05, 0.1) is 18.7 Å². The Morgan fingerprint density at radius 3 is 2.46 bits per heavy atom. The first-order chi connectivity index (χ1) is 17.8. The van der Waals surface area contributed by atoms with Gasteiger partial charge in [-0.3, -0.25) is 9.69 Å². The number of piperazine rings is 1. The molecule has 1 aliphatic rings. The van der Waals surface area contributed by atoms with E-state index in [-0.39, 0.29) is 11.4 Å². The molecule has 4 rings (SSSR count). The minimum absolute atomic E-state index is 0.0604. The number of nitrogens with one attached hydrogen (secondary N) is 1. The molecule has 0 unspecified atom stereocenters. The van der Waals surface area contributed by atoms with Gasteiger partial charge in [0.2, 0.25) is 5.91 Å². The molecule has 1 saturated heterocycles. The zero-order valence-corrected chi connectivity index (χ0v) is 22.8. The molecular formula is C29H40ClN5O2. The van der Waals surface area contributed by atoms with Crippen LogP contribution in [-0.4, -0.2) is 78.2 Å².